The van der Waals surface area contributed by atoms with Crippen molar-refractivity contribution < 1.29 is 29.0 Å². The third kappa shape index (κ3) is 5.82. The van der Waals surface area contributed by atoms with Gasteiger partial charge in [-0.05, 0) is 35.1 Å². The molecule has 2 amide bonds. The van der Waals surface area contributed by atoms with Crippen LogP contribution in [-0.4, -0.2) is 55.0 Å². The highest BCUT2D eigenvalue weighted by Gasteiger charge is 2.36. The number of carbonyl (C=O) groups is 3. The van der Waals surface area contributed by atoms with Gasteiger partial charge in [0.2, 0.25) is 5.91 Å². The Morgan fingerprint density at radius 2 is 1.74 bits per heavy atom. The first kappa shape index (κ1) is 24.7. The van der Waals surface area contributed by atoms with E-state index in [1.165, 1.54) is 11.1 Å². The van der Waals surface area contributed by atoms with Gasteiger partial charge in [-0.3, -0.25) is 9.59 Å². The molecule has 0 bridgehead atoms. The predicted molar refractivity (Wildman–Crippen MR) is 130 cm³/mol. The van der Waals surface area contributed by atoms with Crippen molar-refractivity contribution >= 4 is 18.0 Å². The van der Waals surface area contributed by atoms with Gasteiger partial charge in [0.1, 0.15) is 12.7 Å². The monoisotopic (exact) mass is 480 g/mol. The number of ether oxygens (including phenoxy) is 2. The topological polar surface area (TPSA) is 114 Å². The number of hydrogen-bond donors (Lipinski definition) is 3. The van der Waals surface area contributed by atoms with Gasteiger partial charge in [-0.25, -0.2) is 4.79 Å². The molecule has 3 atom stereocenters. The summed E-state index contributed by atoms with van der Waals surface area (Å²) in [6.07, 6.45) is 0.572. The van der Waals surface area contributed by atoms with E-state index in [0.717, 1.165) is 17.5 Å². The lowest BCUT2D eigenvalue weighted by Gasteiger charge is -2.22. The first-order chi connectivity index (χ1) is 17.0. The van der Waals surface area contributed by atoms with Crippen LogP contribution < -0.4 is 10.6 Å². The second-order valence-electron chi connectivity index (χ2n) is 9.14. The van der Waals surface area contributed by atoms with Crippen molar-refractivity contribution in [1.82, 2.24) is 10.6 Å². The number of amides is 2. The number of carboxylic acids is 1. The highest BCUT2D eigenvalue weighted by molar-refractivity contribution is 5.82. The van der Waals surface area contributed by atoms with Crippen molar-refractivity contribution in [1.29, 1.82) is 0 Å². The maximum absolute atomic E-state index is 12.7. The molecule has 2 aliphatic rings. The first-order valence-electron chi connectivity index (χ1n) is 12.2. The number of fused-ring (bicyclic) bond motifs is 3. The molecule has 0 aromatic heterocycles. The second-order valence-corrected chi connectivity index (χ2v) is 9.14. The van der Waals surface area contributed by atoms with Crippen LogP contribution in [0.25, 0.3) is 11.1 Å². The van der Waals surface area contributed by atoms with E-state index in [-0.39, 0.29) is 37.3 Å². The Labute approximate surface area is 205 Å². The van der Waals surface area contributed by atoms with Gasteiger partial charge in [0.15, 0.2) is 0 Å². The zero-order valence-corrected chi connectivity index (χ0v) is 19.9. The van der Waals surface area contributed by atoms with E-state index in [1.54, 1.807) is 0 Å². The van der Waals surface area contributed by atoms with Crippen LogP contribution >= 0.6 is 0 Å². The minimum absolute atomic E-state index is 0.0220. The number of nitrogens with one attached hydrogen (secondary N) is 2. The predicted octanol–water partition coefficient (Wildman–Crippen LogP) is 3.69. The molecular formula is C27H32N2O6. The molecule has 186 valence electrons. The van der Waals surface area contributed by atoms with Crippen LogP contribution in [0.1, 0.15) is 49.7 Å². The maximum atomic E-state index is 12.7. The molecule has 0 spiro atoms. The largest absolute Gasteiger partial charge is 0.481 e. The lowest BCUT2D eigenvalue weighted by Crippen LogP contribution is -2.46. The molecular weight excluding hydrogens is 448 g/mol. The Kier molecular flexibility index (Phi) is 8.02. The van der Waals surface area contributed by atoms with Gasteiger partial charge in [-0.2, -0.15) is 0 Å². The second kappa shape index (κ2) is 11.4. The standard InChI is InChI=1S/C27H32N2O6/c1-2-7-18(14-24(30)31)29-26(32)25-17(12-13-34-25)15-28-27(33)35-16-23-21-10-5-3-8-19(21)20-9-4-6-11-22(20)23/h3-6,8-11,17-18,23,25H,2,7,12-16H2,1H3,(H,28,33)(H,29,32)(H,30,31). The van der Waals surface area contributed by atoms with Crippen LogP contribution in [0.5, 0.6) is 0 Å². The zero-order chi connectivity index (χ0) is 24.8. The summed E-state index contributed by atoms with van der Waals surface area (Å²) in [7, 11) is 0. The van der Waals surface area contributed by atoms with Crippen molar-refractivity contribution in [2.24, 2.45) is 5.92 Å². The van der Waals surface area contributed by atoms with Crippen molar-refractivity contribution in [3.05, 3.63) is 59.7 Å². The van der Waals surface area contributed by atoms with Crippen LogP contribution in [0.3, 0.4) is 0 Å². The van der Waals surface area contributed by atoms with Gasteiger partial charge >= 0.3 is 12.1 Å². The number of carbonyl (C=O) groups excluding carboxylic acids is 2. The van der Waals surface area contributed by atoms with E-state index in [0.29, 0.717) is 19.4 Å². The first-order valence-corrected chi connectivity index (χ1v) is 12.2. The van der Waals surface area contributed by atoms with Crippen molar-refractivity contribution in [3.63, 3.8) is 0 Å². The van der Waals surface area contributed by atoms with E-state index in [4.69, 9.17) is 14.6 Å². The zero-order valence-electron chi connectivity index (χ0n) is 19.9. The Balaban J connectivity index is 1.29. The number of carboxylic acid groups (broad SMARTS) is 1. The molecule has 8 nitrogen and oxygen atoms in total. The number of alkyl carbamates (subject to hydrolysis) is 1. The van der Waals surface area contributed by atoms with E-state index < -0.39 is 24.2 Å². The molecule has 1 aliphatic carbocycles. The van der Waals surface area contributed by atoms with E-state index in [9.17, 15) is 14.4 Å². The number of benzene rings is 2. The summed E-state index contributed by atoms with van der Waals surface area (Å²) >= 11 is 0. The summed E-state index contributed by atoms with van der Waals surface area (Å²) in [5.41, 5.74) is 4.62. The van der Waals surface area contributed by atoms with Gasteiger partial charge in [-0.15, -0.1) is 0 Å². The van der Waals surface area contributed by atoms with E-state index in [1.807, 2.05) is 31.2 Å². The van der Waals surface area contributed by atoms with E-state index in [2.05, 4.69) is 34.9 Å². The molecule has 1 aliphatic heterocycles. The maximum Gasteiger partial charge on any atom is 0.407 e. The number of rotatable bonds is 10. The molecule has 2 aromatic carbocycles. The smallest absolute Gasteiger partial charge is 0.407 e. The van der Waals surface area contributed by atoms with E-state index >= 15 is 0 Å². The Morgan fingerprint density at radius 1 is 1.09 bits per heavy atom. The average Bonchev–Trinajstić information content (AvgIpc) is 3.44. The molecule has 2 aromatic rings. The summed E-state index contributed by atoms with van der Waals surface area (Å²) in [6, 6.07) is 15.9. The van der Waals surface area contributed by atoms with Crippen LogP contribution in [0.4, 0.5) is 4.79 Å². The molecule has 3 N–H and O–H groups in total. The summed E-state index contributed by atoms with van der Waals surface area (Å²) in [5, 5.41) is 14.7. The summed E-state index contributed by atoms with van der Waals surface area (Å²) in [5.74, 6) is -1.51. The Bertz CT molecular complexity index is 1030. The summed E-state index contributed by atoms with van der Waals surface area (Å²) in [6.45, 7) is 2.81. The van der Waals surface area contributed by atoms with Crippen LogP contribution in [0, 0.1) is 5.92 Å². The van der Waals surface area contributed by atoms with Gasteiger partial charge in [0.25, 0.3) is 0 Å². The lowest BCUT2D eigenvalue weighted by atomic mass is 9.98. The van der Waals surface area contributed by atoms with Crippen LogP contribution in [0.2, 0.25) is 0 Å². The fraction of sp³-hybridized carbons (Fsp3) is 0.444. The highest BCUT2D eigenvalue weighted by atomic mass is 16.5. The summed E-state index contributed by atoms with van der Waals surface area (Å²) < 4.78 is 11.2. The average molecular weight is 481 g/mol. The minimum atomic E-state index is -0.954. The quantitative estimate of drug-likeness (QED) is 0.478. The molecule has 35 heavy (non-hydrogen) atoms. The minimum Gasteiger partial charge on any atom is -0.481 e. The molecule has 3 unspecified atom stereocenters. The molecule has 0 radical (unpaired) electrons. The normalized spacial score (nSPS) is 19.5. The Morgan fingerprint density at radius 3 is 2.37 bits per heavy atom. The molecule has 0 saturated carbocycles. The van der Waals surface area contributed by atoms with Gasteiger partial charge < -0.3 is 25.2 Å². The highest BCUT2D eigenvalue weighted by Crippen LogP contribution is 2.44. The fourth-order valence-electron chi connectivity index (χ4n) is 5.06. The molecule has 4 rings (SSSR count). The number of hydrogen-bond acceptors (Lipinski definition) is 5. The van der Waals surface area contributed by atoms with Crippen molar-refractivity contribution in [3.8, 4) is 11.1 Å². The third-order valence-corrected chi connectivity index (χ3v) is 6.73. The van der Waals surface area contributed by atoms with Crippen LogP contribution in [-0.2, 0) is 19.1 Å². The molecule has 1 saturated heterocycles. The van der Waals surface area contributed by atoms with Crippen molar-refractivity contribution in [2.75, 3.05) is 19.8 Å². The van der Waals surface area contributed by atoms with Gasteiger partial charge in [0, 0.05) is 31.0 Å². The van der Waals surface area contributed by atoms with Gasteiger partial charge in [0.05, 0.1) is 6.42 Å². The Hall–Kier alpha value is -3.39. The number of aliphatic carboxylic acids is 1. The third-order valence-electron chi connectivity index (χ3n) is 6.73. The summed E-state index contributed by atoms with van der Waals surface area (Å²) in [4.78, 5) is 36.3. The molecule has 1 fully saturated rings. The lowest BCUT2D eigenvalue weighted by molar-refractivity contribution is -0.138. The van der Waals surface area contributed by atoms with Crippen LogP contribution in [0.15, 0.2) is 48.5 Å². The molecule has 1 heterocycles. The fourth-order valence-corrected chi connectivity index (χ4v) is 5.06. The SMILES string of the molecule is CCCC(CC(=O)O)NC(=O)C1OCCC1CNC(=O)OCC1c2ccccc2-c2ccccc21. The van der Waals surface area contributed by atoms with Crippen molar-refractivity contribution in [2.45, 2.75) is 50.7 Å². The molecule has 8 heteroatoms. The van der Waals surface area contributed by atoms with Gasteiger partial charge in [-0.1, -0.05) is 61.9 Å².